The number of rotatable bonds is 2. The fraction of sp³-hybridized carbons (Fsp3) is 0.706. The predicted molar refractivity (Wildman–Crippen MR) is 85.9 cm³/mol. The zero-order chi connectivity index (χ0) is 16.7. The maximum atomic E-state index is 12.6. The highest BCUT2D eigenvalue weighted by Crippen LogP contribution is 2.37. The maximum Gasteiger partial charge on any atom is 0.263 e. The van der Waals surface area contributed by atoms with Crippen LogP contribution in [0.4, 0.5) is 0 Å². The van der Waals surface area contributed by atoms with Crippen LogP contribution in [0.15, 0.2) is 11.0 Å². The molecule has 0 unspecified atom stereocenters. The fourth-order valence-electron chi connectivity index (χ4n) is 3.77. The Bertz CT molecular complexity index is 689. The number of hydrogen-bond acceptors (Lipinski definition) is 5. The van der Waals surface area contributed by atoms with Crippen molar-refractivity contribution in [1.82, 2.24) is 14.9 Å². The molecule has 3 aliphatic rings. The number of likely N-dealkylation sites (tertiary alicyclic amines) is 1. The van der Waals surface area contributed by atoms with Crippen molar-refractivity contribution in [3.63, 3.8) is 0 Å². The summed E-state index contributed by atoms with van der Waals surface area (Å²) in [5.41, 5.74) is -0.776. The van der Waals surface area contributed by atoms with Gasteiger partial charge >= 0.3 is 0 Å². The molecule has 4 rings (SSSR count). The molecule has 1 aromatic heterocycles. The number of carbonyl (C=O) groups excluding carboxylic acids is 1. The SMILES string of the molecule is O=C(c1cnc(C2CC2)[nH]c1=O)N1CCC2(CC1)OCCC[C@H]2O. The summed E-state index contributed by atoms with van der Waals surface area (Å²) in [4.78, 5) is 33.5. The third-order valence-corrected chi connectivity index (χ3v) is 5.53. The topological polar surface area (TPSA) is 95.5 Å². The smallest absolute Gasteiger partial charge is 0.263 e. The van der Waals surface area contributed by atoms with Crippen molar-refractivity contribution in [2.75, 3.05) is 19.7 Å². The Kier molecular flexibility index (Phi) is 3.92. The van der Waals surface area contributed by atoms with E-state index in [9.17, 15) is 14.7 Å². The highest BCUT2D eigenvalue weighted by molar-refractivity contribution is 5.93. The van der Waals surface area contributed by atoms with Crippen LogP contribution in [0.3, 0.4) is 0 Å². The molecular formula is C17H23N3O4. The molecule has 2 saturated heterocycles. The number of ether oxygens (including phenoxy) is 1. The minimum absolute atomic E-state index is 0.0976. The molecule has 2 aliphatic heterocycles. The first-order valence-corrected chi connectivity index (χ1v) is 8.79. The molecule has 1 spiro atoms. The van der Waals surface area contributed by atoms with Crippen molar-refractivity contribution in [1.29, 1.82) is 0 Å². The number of aromatic nitrogens is 2. The Hall–Kier alpha value is -1.73. The first-order valence-electron chi connectivity index (χ1n) is 8.79. The van der Waals surface area contributed by atoms with Crippen molar-refractivity contribution in [2.45, 2.75) is 56.1 Å². The molecule has 1 atom stereocenters. The van der Waals surface area contributed by atoms with Gasteiger partial charge in [-0.2, -0.15) is 0 Å². The van der Waals surface area contributed by atoms with Crippen LogP contribution >= 0.6 is 0 Å². The molecular weight excluding hydrogens is 310 g/mol. The van der Waals surface area contributed by atoms with Crippen LogP contribution in [0.5, 0.6) is 0 Å². The lowest BCUT2D eigenvalue weighted by atomic mass is 9.82. The maximum absolute atomic E-state index is 12.6. The van der Waals surface area contributed by atoms with Crippen LogP contribution in [-0.4, -0.2) is 57.3 Å². The van der Waals surface area contributed by atoms with Crippen molar-refractivity contribution in [2.24, 2.45) is 0 Å². The molecule has 0 bridgehead atoms. The standard InChI is InChI=1S/C17H23N3O4/c21-13-2-1-9-24-17(13)5-7-20(8-6-17)16(23)12-10-18-14(11-3-4-11)19-15(12)22/h10-11,13,21H,1-9H2,(H,18,19,22)/t13-/m1/s1. The van der Waals surface area contributed by atoms with Crippen LogP contribution in [0.2, 0.25) is 0 Å². The summed E-state index contributed by atoms with van der Waals surface area (Å²) in [5.74, 6) is 0.751. The molecule has 2 N–H and O–H groups in total. The molecule has 1 saturated carbocycles. The second kappa shape index (κ2) is 5.97. The Morgan fingerprint density at radius 2 is 2.08 bits per heavy atom. The van der Waals surface area contributed by atoms with Gasteiger partial charge in [0.15, 0.2) is 0 Å². The summed E-state index contributed by atoms with van der Waals surface area (Å²) in [6, 6.07) is 0. The summed E-state index contributed by atoms with van der Waals surface area (Å²) in [6.45, 7) is 1.64. The fourth-order valence-corrected chi connectivity index (χ4v) is 3.77. The van der Waals surface area contributed by atoms with E-state index in [1.54, 1.807) is 4.90 Å². The highest BCUT2D eigenvalue weighted by atomic mass is 16.5. The molecule has 24 heavy (non-hydrogen) atoms. The lowest BCUT2D eigenvalue weighted by Crippen LogP contribution is -2.56. The summed E-state index contributed by atoms with van der Waals surface area (Å²) >= 11 is 0. The van der Waals surface area contributed by atoms with E-state index in [1.165, 1.54) is 6.20 Å². The van der Waals surface area contributed by atoms with E-state index in [-0.39, 0.29) is 17.0 Å². The Morgan fingerprint density at radius 3 is 2.71 bits per heavy atom. The molecule has 0 radical (unpaired) electrons. The number of nitrogens with one attached hydrogen (secondary N) is 1. The summed E-state index contributed by atoms with van der Waals surface area (Å²) in [5, 5.41) is 10.3. The molecule has 7 nitrogen and oxygen atoms in total. The quantitative estimate of drug-likeness (QED) is 0.834. The van der Waals surface area contributed by atoms with E-state index in [0.29, 0.717) is 44.3 Å². The molecule has 1 aliphatic carbocycles. The Labute approximate surface area is 140 Å². The molecule has 130 valence electrons. The van der Waals surface area contributed by atoms with Gasteiger partial charge in [-0.15, -0.1) is 0 Å². The molecule has 0 aromatic carbocycles. The van der Waals surface area contributed by atoms with E-state index in [0.717, 1.165) is 25.7 Å². The van der Waals surface area contributed by atoms with Gasteiger partial charge in [0.25, 0.3) is 11.5 Å². The van der Waals surface area contributed by atoms with E-state index in [1.807, 2.05) is 0 Å². The van der Waals surface area contributed by atoms with E-state index >= 15 is 0 Å². The van der Waals surface area contributed by atoms with Crippen LogP contribution in [-0.2, 0) is 4.74 Å². The average Bonchev–Trinajstić information content (AvgIpc) is 3.43. The van der Waals surface area contributed by atoms with Gasteiger partial charge in [-0.1, -0.05) is 0 Å². The number of hydrogen-bond donors (Lipinski definition) is 2. The average molecular weight is 333 g/mol. The normalized spacial score (nSPS) is 26.5. The number of piperidine rings is 1. The van der Waals surface area contributed by atoms with Gasteiger partial charge in [0.2, 0.25) is 0 Å². The molecule has 3 heterocycles. The third-order valence-electron chi connectivity index (χ3n) is 5.53. The number of H-pyrrole nitrogens is 1. The summed E-state index contributed by atoms with van der Waals surface area (Å²) in [7, 11) is 0. The van der Waals surface area contributed by atoms with Crippen LogP contribution in [0, 0.1) is 0 Å². The number of amides is 1. The van der Waals surface area contributed by atoms with Gasteiger partial charge in [0, 0.05) is 31.8 Å². The van der Waals surface area contributed by atoms with E-state index < -0.39 is 11.7 Å². The minimum Gasteiger partial charge on any atom is -0.390 e. The largest absolute Gasteiger partial charge is 0.390 e. The zero-order valence-electron chi connectivity index (χ0n) is 13.7. The monoisotopic (exact) mass is 333 g/mol. The van der Waals surface area contributed by atoms with Crippen molar-refractivity contribution >= 4 is 5.91 Å². The zero-order valence-corrected chi connectivity index (χ0v) is 13.7. The second-order valence-corrected chi connectivity index (χ2v) is 7.15. The Morgan fingerprint density at radius 1 is 1.33 bits per heavy atom. The number of aliphatic hydroxyl groups is 1. The number of carbonyl (C=O) groups is 1. The number of nitrogens with zero attached hydrogens (tertiary/aromatic N) is 2. The second-order valence-electron chi connectivity index (χ2n) is 7.15. The van der Waals surface area contributed by atoms with Gasteiger partial charge in [-0.05, 0) is 38.5 Å². The van der Waals surface area contributed by atoms with Crippen LogP contribution in [0.25, 0.3) is 0 Å². The van der Waals surface area contributed by atoms with Crippen molar-refractivity contribution < 1.29 is 14.6 Å². The summed E-state index contributed by atoms with van der Waals surface area (Å²) < 4.78 is 5.86. The van der Waals surface area contributed by atoms with Crippen molar-refractivity contribution in [3.8, 4) is 0 Å². The molecule has 1 aromatic rings. The van der Waals surface area contributed by atoms with E-state index in [2.05, 4.69) is 9.97 Å². The van der Waals surface area contributed by atoms with Gasteiger partial charge < -0.3 is 19.7 Å². The van der Waals surface area contributed by atoms with Crippen LogP contribution in [0.1, 0.15) is 60.6 Å². The number of aromatic amines is 1. The first kappa shape index (κ1) is 15.8. The lowest BCUT2D eigenvalue weighted by Gasteiger charge is -2.46. The van der Waals surface area contributed by atoms with Gasteiger partial charge in [-0.3, -0.25) is 9.59 Å². The first-order chi connectivity index (χ1) is 11.6. The third kappa shape index (κ3) is 2.75. The summed E-state index contributed by atoms with van der Waals surface area (Å²) in [6.07, 6.45) is 5.87. The predicted octanol–water partition coefficient (Wildman–Crippen LogP) is 0.793. The van der Waals surface area contributed by atoms with E-state index in [4.69, 9.17) is 4.74 Å². The molecule has 1 amide bonds. The molecule has 7 heteroatoms. The Balaban J connectivity index is 1.45. The van der Waals surface area contributed by atoms with Crippen molar-refractivity contribution in [3.05, 3.63) is 27.9 Å². The highest BCUT2D eigenvalue weighted by Gasteiger charge is 2.44. The van der Waals surface area contributed by atoms with Gasteiger partial charge in [0.05, 0.1) is 11.7 Å². The minimum atomic E-state index is -0.518. The van der Waals surface area contributed by atoms with Gasteiger partial charge in [0.1, 0.15) is 11.4 Å². The van der Waals surface area contributed by atoms with Gasteiger partial charge in [-0.25, -0.2) is 4.98 Å². The van der Waals surface area contributed by atoms with Crippen LogP contribution < -0.4 is 5.56 Å². The lowest BCUT2D eigenvalue weighted by molar-refractivity contribution is -0.174. The molecule has 3 fully saturated rings. The number of aliphatic hydroxyl groups excluding tert-OH is 1.